The van der Waals surface area contributed by atoms with Gasteiger partial charge in [-0.05, 0) is 63.3 Å². The fourth-order valence-corrected chi connectivity index (χ4v) is 4.30. The zero-order valence-electron chi connectivity index (χ0n) is 21.2. The van der Waals surface area contributed by atoms with E-state index in [0.717, 1.165) is 10.5 Å². The lowest BCUT2D eigenvalue weighted by atomic mass is 9.89. The van der Waals surface area contributed by atoms with Gasteiger partial charge in [0, 0.05) is 6.54 Å². The van der Waals surface area contributed by atoms with Crippen LogP contribution in [0.4, 0.5) is 4.79 Å². The maximum atomic E-state index is 14.1. The summed E-state index contributed by atoms with van der Waals surface area (Å²) in [6.07, 6.45) is 0.287. The number of carbonyl (C=O) groups excluding carboxylic acids is 3. The molecule has 2 atom stereocenters. The second-order valence-corrected chi connectivity index (χ2v) is 10.5. The molecule has 1 heterocycles. The molecule has 1 aliphatic heterocycles. The minimum atomic E-state index is -1.36. The van der Waals surface area contributed by atoms with Gasteiger partial charge in [0.05, 0.1) is 11.6 Å². The van der Waals surface area contributed by atoms with Crippen LogP contribution in [0.5, 0.6) is 0 Å². The number of hydrogen-bond acceptors (Lipinski definition) is 5. The van der Waals surface area contributed by atoms with Crippen molar-refractivity contribution in [1.82, 2.24) is 9.80 Å². The van der Waals surface area contributed by atoms with Gasteiger partial charge < -0.3 is 9.64 Å². The lowest BCUT2D eigenvalue weighted by Gasteiger charge is -2.32. The molecule has 1 saturated heterocycles. The third-order valence-corrected chi connectivity index (χ3v) is 6.06. The molecular weight excluding hydrogens is 442 g/mol. The minimum absolute atomic E-state index is 0.0393. The van der Waals surface area contributed by atoms with E-state index in [9.17, 15) is 19.6 Å². The van der Waals surface area contributed by atoms with E-state index >= 15 is 0 Å². The van der Waals surface area contributed by atoms with Crippen molar-refractivity contribution in [2.24, 2.45) is 5.92 Å². The predicted octanol–water partition coefficient (Wildman–Crippen LogP) is 4.99. The van der Waals surface area contributed by atoms with E-state index < -0.39 is 35.1 Å². The van der Waals surface area contributed by atoms with Gasteiger partial charge in [-0.3, -0.25) is 4.79 Å². The summed E-state index contributed by atoms with van der Waals surface area (Å²) in [7, 11) is 0. The number of nitrogens with zero attached hydrogens (tertiary/aromatic N) is 3. The van der Waals surface area contributed by atoms with Crippen LogP contribution >= 0.6 is 0 Å². The molecule has 1 fully saturated rings. The van der Waals surface area contributed by atoms with Crippen LogP contribution in [0.25, 0.3) is 0 Å². The molecule has 0 aliphatic carbocycles. The molecule has 0 saturated carbocycles. The first-order valence-electron chi connectivity index (χ1n) is 11.8. The van der Waals surface area contributed by atoms with Crippen LogP contribution in [0, 0.1) is 17.2 Å². The number of carbonyl (C=O) groups is 3. The zero-order chi connectivity index (χ0) is 26.0. The van der Waals surface area contributed by atoms with E-state index in [2.05, 4.69) is 6.07 Å². The largest absolute Gasteiger partial charge is 0.458 e. The van der Waals surface area contributed by atoms with Crippen LogP contribution in [-0.4, -0.2) is 39.4 Å². The first-order valence-corrected chi connectivity index (χ1v) is 11.8. The SMILES string of the molecule is CC(C)CC(C(=O)OC(C)(C)C)N1C(=O)N(Cc2ccccc2)[C@@](C)(c2ccc(C#N)cc2)C1=O. The maximum Gasteiger partial charge on any atom is 0.329 e. The van der Waals surface area contributed by atoms with Crippen LogP contribution in [0.2, 0.25) is 0 Å². The Hall–Kier alpha value is -3.66. The van der Waals surface area contributed by atoms with Gasteiger partial charge in [-0.15, -0.1) is 0 Å². The molecule has 0 bridgehead atoms. The number of imide groups is 1. The van der Waals surface area contributed by atoms with Crippen LogP contribution in [0.15, 0.2) is 54.6 Å². The van der Waals surface area contributed by atoms with E-state index in [1.807, 2.05) is 44.2 Å². The highest BCUT2D eigenvalue weighted by molar-refractivity contribution is 6.09. The minimum Gasteiger partial charge on any atom is -0.458 e. The smallest absolute Gasteiger partial charge is 0.329 e. The number of benzene rings is 2. The van der Waals surface area contributed by atoms with Crippen LogP contribution in [0.1, 0.15) is 64.7 Å². The summed E-state index contributed by atoms with van der Waals surface area (Å²) in [5, 5.41) is 9.21. The molecule has 1 unspecified atom stereocenters. The predicted molar refractivity (Wildman–Crippen MR) is 132 cm³/mol. The lowest BCUT2D eigenvalue weighted by molar-refractivity contribution is -0.163. The van der Waals surface area contributed by atoms with E-state index in [-0.39, 0.29) is 18.9 Å². The topological polar surface area (TPSA) is 90.7 Å². The number of urea groups is 1. The number of rotatable bonds is 7. The van der Waals surface area contributed by atoms with Gasteiger partial charge in [0.2, 0.25) is 0 Å². The fourth-order valence-electron chi connectivity index (χ4n) is 4.30. The van der Waals surface area contributed by atoms with Crippen molar-refractivity contribution in [1.29, 1.82) is 5.26 Å². The van der Waals surface area contributed by atoms with Gasteiger partial charge in [0.1, 0.15) is 17.2 Å². The quantitative estimate of drug-likeness (QED) is 0.415. The molecule has 0 radical (unpaired) electrons. The Morgan fingerprint density at radius 1 is 1.06 bits per heavy atom. The van der Waals surface area contributed by atoms with Crippen molar-refractivity contribution in [3.8, 4) is 6.07 Å². The Balaban J connectivity index is 2.12. The number of nitriles is 1. The summed E-state index contributed by atoms with van der Waals surface area (Å²) >= 11 is 0. The second kappa shape index (κ2) is 9.91. The van der Waals surface area contributed by atoms with E-state index in [0.29, 0.717) is 11.1 Å². The molecule has 0 spiro atoms. The fraction of sp³-hybridized carbons (Fsp3) is 0.429. The van der Waals surface area contributed by atoms with Crippen molar-refractivity contribution in [2.75, 3.05) is 0 Å². The molecule has 0 N–H and O–H groups in total. The van der Waals surface area contributed by atoms with Gasteiger partial charge in [-0.1, -0.05) is 56.3 Å². The van der Waals surface area contributed by atoms with Crippen molar-refractivity contribution in [3.63, 3.8) is 0 Å². The Bertz CT molecular complexity index is 1130. The number of esters is 1. The summed E-state index contributed by atoms with van der Waals surface area (Å²) in [4.78, 5) is 43.8. The van der Waals surface area contributed by atoms with Gasteiger partial charge in [-0.25, -0.2) is 14.5 Å². The van der Waals surface area contributed by atoms with Crippen molar-refractivity contribution >= 4 is 17.9 Å². The third-order valence-electron chi connectivity index (χ3n) is 6.06. The number of ether oxygens (including phenoxy) is 1. The maximum absolute atomic E-state index is 14.1. The van der Waals surface area contributed by atoms with Crippen molar-refractivity contribution in [3.05, 3.63) is 71.3 Å². The first kappa shape index (κ1) is 26.0. The average molecular weight is 476 g/mol. The van der Waals surface area contributed by atoms with Gasteiger partial charge >= 0.3 is 12.0 Å². The lowest BCUT2D eigenvalue weighted by Crippen LogP contribution is -2.49. The first-order chi connectivity index (χ1) is 16.4. The standard InChI is InChI=1S/C28H33N3O4/c1-19(2)16-23(24(32)35-27(3,4)5)31-25(33)28(6,22-14-12-20(17-29)13-15-22)30(26(31)34)18-21-10-8-7-9-11-21/h7-15,19,23H,16,18H2,1-6H3/t23?,28-/m0/s1. The summed E-state index contributed by atoms with van der Waals surface area (Å²) in [6.45, 7) is 11.0. The highest BCUT2D eigenvalue weighted by atomic mass is 16.6. The molecule has 184 valence electrons. The van der Waals surface area contributed by atoms with Crippen LogP contribution < -0.4 is 0 Å². The zero-order valence-corrected chi connectivity index (χ0v) is 21.2. The third kappa shape index (κ3) is 5.37. The van der Waals surface area contributed by atoms with E-state index in [4.69, 9.17) is 4.74 Å². The second-order valence-electron chi connectivity index (χ2n) is 10.5. The molecule has 0 aromatic heterocycles. The molecule has 7 nitrogen and oxygen atoms in total. The Morgan fingerprint density at radius 3 is 2.17 bits per heavy atom. The molecular formula is C28H33N3O4. The van der Waals surface area contributed by atoms with Crippen LogP contribution in [0.3, 0.4) is 0 Å². The molecule has 2 aromatic carbocycles. The Kier molecular flexibility index (Phi) is 7.35. The summed E-state index contributed by atoms with van der Waals surface area (Å²) in [5.41, 5.74) is -0.253. The van der Waals surface area contributed by atoms with E-state index in [1.54, 1.807) is 52.0 Å². The highest BCUT2D eigenvalue weighted by Crippen LogP contribution is 2.40. The average Bonchev–Trinajstić information content (AvgIpc) is 2.98. The summed E-state index contributed by atoms with van der Waals surface area (Å²) in [6, 6.07) is 16.5. The normalized spacial score (nSPS) is 19.1. The highest BCUT2D eigenvalue weighted by Gasteiger charge is 2.58. The van der Waals surface area contributed by atoms with Crippen molar-refractivity contribution in [2.45, 2.75) is 71.7 Å². The van der Waals surface area contributed by atoms with Crippen molar-refractivity contribution < 1.29 is 19.1 Å². The van der Waals surface area contributed by atoms with Gasteiger partial charge in [0.15, 0.2) is 0 Å². The monoisotopic (exact) mass is 475 g/mol. The Morgan fingerprint density at radius 2 is 1.66 bits per heavy atom. The van der Waals surface area contributed by atoms with E-state index in [1.165, 1.54) is 4.90 Å². The molecule has 1 aliphatic rings. The molecule has 7 heteroatoms. The summed E-state index contributed by atoms with van der Waals surface area (Å²) in [5.74, 6) is -1.05. The van der Waals surface area contributed by atoms with Crippen LogP contribution in [-0.2, 0) is 26.4 Å². The molecule has 3 amide bonds. The van der Waals surface area contributed by atoms with Gasteiger partial charge in [0.25, 0.3) is 5.91 Å². The van der Waals surface area contributed by atoms with Gasteiger partial charge in [-0.2, -0.15) is 5.26 Å². The molecule has 3 rings (SSSR count). The number of hydrogen-bond donors (Lipinski definition) is 0. The summed E-state index contributed by atoms with van der Waals surface area (Å²) < 4.78 is 5.63. The Labute approximate surface area is 207 Å². The molecule has 35 heavy (non-hydrogen) atoms. The number of amides is 3. The molecule has 2 aromatic rings.